The third-order valence-electron chi connectivity index (χ3n) is 2.40. The summed E-state index contributed by atoms with van der Waals surface area (Å²) in [6.45, 7) is 0. The van der Waals surface area contributed by atoms with Crippen LogP contribution in [0, 0.1) is 0 Å². The van der Waals surface area contributed by atoms with Gasteiger partial charge in [-0.2, -0.15) is 0 Å². The fourth-order valence-electron chi connectivity index (χ4n) is 1.52. The van der Waals surface area contributed by atoms with Crippen LogP contribution in [-0.4, -0.2) is 15.9 Å². The van der Waals surface area contributed by atoms with Crippen molar-refractivity contribution in [2.45, 2.75) is 0 Å². The van der Waals surface area contributed by atoms with Crippen molar-refractivity contribution in [2.24, 2.45) is 11.5 Å². The maximum Gasteiger partial charge on any atom is 0.252 e. The number of primary amides is 1. The van der Waals surface area contributed by atoms with Crippen molar-refractivity contribution in [1.82, 2.24) is 4.98 Å². The van der Waals surface area contributed by atoms with E-state index in [0.717, 1.165) is 0 Å². The lowest BCUT2D eigenvalue weighted by molar-refractivity contribution is 0.0998. The Morgan fingerprint density at radius 1 is 1.11 bits per heavy atom. The summed E-state index contributed by atoms with van der Waals surface area (Å²) in [4.78, 5) is 15.5. The number of ether oxygens (including phenoxy) is 1. The van der Waals surface area contributed by atoms with E-state index in [2.05, 4.69) is 4.98 Å². The molecule has 0 aliphatic rings. The number of hydrogen-bond acceptors (Lipinski definition) is 4. The molecule has 5 nitrogen and oxygen atoms in total. The summed E-state index contributed by atoms with van der Waals surface area (Å²) in [7, 11) is 0. The number of aromatic nitrogens is 1. The molecule has 0 fully saturated rings. The number of benzene rings is 1. The molecule has 1 aromatic carbocycles. The van der Waals surface area contributed by atoms with E-state index in [1.165, 1.54) is 0 Å². The van der Waals surface area contributed by atoms with Gasteiger partial charge in [-0.3, -0.25) is 4.79 Å². The zero-order valence-corrected chi connectivity index (χ0v) is 10.7. The Labute approximate surface area is 115 Å². The van der Waals surface area contributed by atoms with E-state index < -0.39 is 5.91 Å². The average Bonchev–Trinajstić information content (AvgIpc) is 2.39. The van der Waals surface area contributed by atoms with E-state index >= 15 is 0 Å². The van der Waals surface area contributed by atoms with E-state index in [1.807, 2.05) is 0 Å². The van der Waals surface area contributed by atoms with Crippen LogP contribution in [-0.2, 0) is 0 Å². The molecule has 0 bridgehead atoms. The molecule has 4 N–H and O–H groups in total. The summed E-state index contributed by atoms with van der Waals surface area (Å²) in [6.07, 6.45) is 1.55. The predicted octanol–water partition coefficient (Wildman–Crippen LogP) is 1.61. The SMILES string of the molecule is NC(=O)c1ccccc1Oc1ncccc1C(N)=S. The monoisotopic (exact) mass is 273 g/mol. The van der Waals surface area contributed by atoms with Crippen molar-refractivity contribution >= 4 is 23.1 Å². The van der Waals surface area contributed by atoms with Crippen molar-refractivity contribution < 1.29 is 9.53 Å². The van der Waals surface area contributed by atoms with Crippen molar-refractivity contribution in [3.8, 4) is 11.6 Å². The van der Waals surface area contributed by atoms with Gasteiger partial charge < -0.3 is 16.2 Å². The van der Waals surface area contributed by atoms with E-state index in [9.17, 15) is 4.79 Å². The maximum atomic E-state index is 11.3. The molecule has 2 aromatic rings. The van der Waals surface area contributed by atoms with Gasteiger partial charge in [0.05, 0.1) is 11.1 Å². The van der Waals surface area contributed by atoms with Gasteiger partial charge in [-0.25, -0.2) is 4.98 Å². The van der Waals surface area contributed by atoms with Gasteiger partial charge in [0.1, 0.15) is 10.7 Å². The van der Waals surface area contributed by atoms with Crippen molar-refractivity contribution in [3.05, 3.63) is 53.7 Å². The Kier molecular flexibility index (Phi) is 3.72. The van der Waals surface area contributed by atoms with Crippen LogP contribution in [0.1, 0.15) is 15.9 Å². The Morgan fingerprint density at radius 2 is 1.79 bits per heavy atom. The minimum atomic E-state index is -0.580. The van der Waals surface area contributed by atoms with Gasteiger partial charge in [-0.15, -0.1) is 0 Å². The molecule has 2 rings (SSSR count). The molecule has 1 heterocycles. The van der Waals surface area contributed by atoms with Crippen LogP contribution >= 0.6 is 12.2 Å². The highest BCUT2D eigenvalue weighted by Gasteiger charge is 2.13. The first kappa shape index (κ1) is 13.0. The predicted molar refractivity (Wildman–Crippen MR) is 75.2 cm³/mol. The molecular weight excluding hydrogens is 262 g/mol. The number of nitrogens with two attached hydrogens (primary N) is 2. The quantitative estimate of drug-likeness (QED) is 0.826. The third-order valence-corrected chi connectivity index (χ3v) is 2.62. The zero-order valence-electron chi connectivity index (χ0n) is 9.87. The Bertz CT molecular complexity index is 588. The normalized spacial score (nSPS) is 9.89. The molecule has 96 valence electrons. The van der Waals surface area contributed by atoms with Crippen molar-refractivity contribution in [2.75, 3.05) is 0 Å². The first-order chi connectivity index (χ1) is 9.09. The number of para-hydroxylation sites is 1. The van der Waals surface area contributed by atoms with Gasteiger partial charge in [0, 0.05) is 6.20 Å². The highest BCUT2D eigenvalue weighted by Crippen LogP contribution is 2.25. The minimum absolute atomic E-state index is 0.166. The summed E-state index contributed by atoms with van der Waals surface area (Å²) in [5, 5.41) is 0. The van der Waals surface area contributed by atoms with Crippen LogP contribution < -0.4 is 16.2 Å². The summed E-state index contributed by atoms with van der Waals surface area (Å²) in [5.74, 6) is -0.0293. The van der Waals surface area contributed by atoms with E-state index in [4.69, 9.17) is 28.4 Å². The third kappa shape index (κ3) is 2.86. The second kappa shape index (κ2) is 5.45. The lowest BCUT2D eigenvalue weighted by atomic mass is 10.2. The topological polar surface area (TPSA) is 91.2 Å². The molecule has 0 spiro atoms. The molecule has 0 saturated heterocycles. The van der Waals surface area contributed by atoms with E-state index in [1.54, 1.807) is 42.6 Å². The minimum Gasteiger partial charge on any atom is -0.437 e. The molecule has 0 atom stereocenters. The second-order valence-electron chi connectivity index (χ2n) is 3.68. The molecule has 19 heavy (non-hydrogen) atoms. The highest BCUT2D eigenvalue weighted by atomic mass is 32.1. The van der Waals surface area contributed by atoms with Gasteiger partial charge in [-0.1, -0.05) is 24.4 Å². The van der Waals surface area contributed by atoms with E-state index in [-0.39, 0.29) is 16.4 Å². The van der Waals surface area contributed by atoms with Gasteiger partial charge in [-0.05, 0) is 24.3 Å². The van der Waals surface area contributed by atoms with Gasteiger partial charge in [0.15, 0.2) is 0 Å². The number of thiocarbonyl (C=S) groups is 1. The summed E-state index contributed by atoms with van der Waals surface area (Å²) < 4.78 is 5.58. The molecule has 0 unspecified atom stereocenters. The molecule has 0 aliphatic carbocycles. The van der Waals surface area contributed by atoms with Crippen LogP contribution in [0.25, 0.3) is 0 Å². The second-order valence-corrected chi connectivity index (χ2v) is 4.12. The van der Waals surface area contributed by atoms with Crippen LogP contribution in [0.4, 0.5) is 0 Å². The Morgan fingerprint density at radius 3 is 2.47 bits per heavy atom. The smallest absolute Gasteiger partial charge is 0.252 e. The van der Waals surface area contributed by atoms with E-state index in [0.29, 0.717) is 11.3 Å². The summed E-state index contributed by atoms with van der Waals surface area (Å²) in [5.41, 5.74) is 11.6. The molecule has 0 saturated carbocycles. The molecule has 6 heteroatoms. The number of carbonyl (C=O) groups excluding carboxylic acids is 1. The lowest BCUT2D eigenvalue weighted by Gasteiger charge is -2.10. The summed E-state index contributed by atoms with van der Waals surface area (Å²) >= 11 is 4.92. The van der Waals surface area contributed by atoms with Crippen molar-refractivity contribution in [1.29, 1.82) is 0 Å². The molecular formula is C13H11N3O2S. The number of carbonyl (C=O) groups is 1. The van der Waals surface area contributed by atoms with Gasteiger partial charge >= 0.3 is 0 Å². The molecule has 0 radical (unpaired) electrons. The van der Waals surface area contributed by atoms with Crippen LogP contribution in [0.2, 0.25) is 0 Å². The van der Waals surface area contributed by atoms with Gasteiger partial charge in [0.2, 0.25) is 5.88 Å². The Hall–Kier alpha value is -2.47. The van der Waals surface area contributed by atoms with Crippen LogP contribution in [0.15, 0.2) is 42.6 Å². The lowest BCUT2D eigenvalue weighted by Crippen LogP contribution is -2.14. The fraction of sp³-hybridized carbons (Fsp3) is 0. The van der Waals surface area contributed by atoms with Crippen molar-refractivity contribution in [3.63, 3.8) is 0 Å². The average molecular weight is 273 g/mol. The molecule has 0 aliphatic heterocycles. The number of nitrogens with zero attached hydrogens (tertiary/aromatic N) is 1. The Balaban J connectivity index is 2.42. The number of hydrogen-bond donors (Lipinski definition) is 2. The number of pyridine rings is 1. The largest absolute Gasteiger partial charge is 0.437 e. The standard InChI is InChI=1S/C13H11N3O2S/c14-11(17)8-4-1-2-6-10(8)18-13-9(12(15)19)5-3-7-16-13/h1-7H,(H2,14,17)(H2,15,19). The highest BCUT2D eigenvalue weighted by molar-refractivity contribution is 7.80. The molecule has 1 aromatic heterocycles. The molecule has 1 amide bonds. The van der Waals surface area contributed by atoms with Crippen LogP contribution in [0.3, 0.4) is 0 Å². The number of amides is 1. The fourth-order valence-corrected chi connectivity index (χ4v) is 1.68. The zero-order chi connectivity index (χ0) is 13.8. The number of rotatable bonds is 4. The first-order valence-electron chi connectivity index (χ1n) is 5.41. The maximum absolute atomic E-state index is 11.3. The summed E-state index contributed by atoms with van der Waals surface area (Å²) in [6, 6.07) is 10.0. The first-order valence-corrected chi connectivity index (χ1v) is 5.82. The van der Waals surface area contributed by atoms with Crippen LogP contribution in [0.5, 0.6) is 11.6 Å². The van der Waals surface area contributed by atoms with Gasteiger partial charge in [0.25, 0.3) is 5.91 Å².